The molecule has 1 aromatic carbocycles. The largest absolute Gasteiger partial charge is 0.504 e. The third kappa shape index (κ3) is 3.95. The normalized spacial score (nSPS) is 20.5. The zero-order valence-electron chi connectivity index (χ0n) is 11.6. The van der Waals surface area contributed by atoms with Crippen LogP contribution in [0.3, 0.4) is 0 Å². The second kappa shape index (κ2) is 6.32. The van der Waals surface area contributed by atoms with Crippen molar-refractivity contribution in [1.29, 1.82) is 0 Å². The van der Waals surface area contributed by atoms with E-state index in [0.717, 1.165) is 0 Å². The van der Waals surface area contributed by atoms with Gasteiger partial charge in [0, 0.05) is 29.7 Å². The van der Waals surface area contributed by atoms with Crippen LogP contribution in [0.5, 0.6) is 11.5 Å². The van der Waals surface area contributed by atoms with Crippen LogP contribution in [0, 0.1) is 5.92 Å². The van der Waals surface area contributed by atoms with Crippen molar-refractivity contribution >= 4 is 11.6 Å². The Bertz CT molecular complexity index is 508. The van der Waals surface area contributed by atoms with Gasteiger partial charge in [0.1, 0.15) is 0 Å². The fourth-order valence-electron chi connectivity index (χ4n) is 2.61. The van der Waals surface area contributed by atoms with Crippen LogP contribution in [0.1, 0.15) is 18.4 Å². The van der Waals surface area contributed by atoms with E-state index in [1.54, 1.807) is 11.0 Å². The summed E-state index contributed by atoms with van der Waals surface area (Å²) in [5.41, 5.74) is 0.474. The highest BCUT2D eigenvalue weighted by atomic mass is 35.5. The third-order valence-electron chi connectivity index (χ3n) is 3.70. The predicted octanol–water partition coefficient (Wildman–Crippen LogP) is 3.83. The first kappa shape index (κ1) is 16.2. The molecule has 1 unspecified atom stereocenters. The van der Waals surface area contributed by atoms with Crippen LogP contribution in [-0.2, 0) is 6.54 Å². The Balaban J connectivity index is 2.13. The molecule has 0 bridgehead atoms. The standard InChI is InChI=1S/C14H17ClF3NO2/c1-21-12-6-11(15)5-9(13(12)20)7-19-4-2-3-10(8-19)14(16,17)18/h5-6,10,20H,2-4,7-8H2,1H3. The lowest BCUT2D eigenvalue weighted by atomic mass is 9.97. The molecule has 2 rings (SSSR count). The maximum absolute atomic E-state index is 12.8. The number of aromatic hydroxyl groups is 1. The summed E-state index contributed by atoms with van der Waals surface area (Å²) in [6.45, 7) is 0.730. The molecule has 21 heavy (non-hydrogen) atoms. The molecular weight excluding hydrogens is 307 g/mol. The van der Waals surface area contributed by atoms with Gasteiger partial charge in [0.05, 0.1) is 13.0 Å². The van der Waals surface area contributed by atoms with Gasteiger partial charge in [-0.1, -0.05) is 11.6 Å². The van der Waals surface area contributed by atoms with Gasteiger partial charge >= 0.3 is 6.18 Å². The molecule has 0 aliphatic carbocycles. The van der Waals surface area contributed by atoms with Gasteiger partial charge in [-0.3, -0.25) is 4.90 Å². The van der Waals surface area contributed by atoms with Crippen molar-refractivity contribution in [3.05, 3.63) is 22.7 Å². The fraction of sp³-hybridized carbons (Fsp3) is 0.571. The summed E-state index contributed by atoms with van der Waals surface area (Å²) >= 11 is 5.93. The summed E-state index contributed by atoms with van der Waals surface area (Å²) < 4.78 is 43.4. The zero-order chi connectivity index (χ0) is 15.6. The fourth-order valence-corrected chi connectivity index (χ4v) is 2.84. The number of piperidine rings is 1. The topological polar surface area (TPSA) is 32.7 Å². The number of phenols is 1. The molecule has 1 aliphatic heterocycles. The molecule has 118 valence electrons. The van der Waals surface area contributed by atoms with Crippen molar-refractivity contribution < 1.29 is 23.0 Å². The minimum atomic E-state index is -4.17. The SMILES string of the molecule is COc1cc(Cl)cc(CN2CCCC(C(F)(F)F)C2)c1O. The molecule has 0 amide bonds. The molecule has 1 aromatic rings. The second-order valence-electron chi connectivity index (χ2n) is 5.23. The van der Waals surface area contributed by atoms with E-state index in [-0.39, 0.29) is 31.0 Å². The molecule has 1 heterocycles. The van der Waals surface area contributed by atoms with Crippen LogP contribution >= 0.6 is 11.6 Å². The van der Waals surface area contributed by atoms with Gasteiger partial charge in [-0.05, 0) is 25.5 Å². The van der Waals surface area contributed by atoms with Crippen LogP contribution in [0.2, 0.25) is 5.02 Å². The molecule has 0 radical (unpaired) electrons. The molecular formula is C14H17ClF3NO2. The van der Waals surface area contributed by atoms with E-state index in [1.165, 1.54) is 13.2 Å². The summed E-state index contributed by atoms with van der Waals surface area (Å²) in [7, 11) is 1.40. The van der Waals surface area contributed by atoms with Gasteiger partial charge in [-0.2, -0.15) is 13.2 Å². The Morgan fingerprint density at radius 2 is 2.14 bits per heavy atom. The van der Waals surface area contributed by atoms with Gasteiger partial charge in [-0.25, -0.2) is 0 Å². The summed E-state index contributed by atoms with van der Waals surface area (Å²) in [6, 6.07) is 3.02. The molecule has 7 heteroatoms. The Morgan fingerprint density at radius 1 is 1.43 bits per heavy atom. The molecule has 0 spiro atoms. The first-order chi connectivity index (χ1) is 9.81. The average Bonchev–Trinajstić information content (AvgIpc) is 2.42. The quantitative estimate of drug-likeness (QED) is 0.917. The number of rotatable bonds is 3. The van der Waals surface area contributed by atoms with Crippen LogP contribution in [-0.4, -0.2) is 36.4 Å². The van der Waals surface area contributed by atoms with Crippen LogP contribution in [0.15, 0.2) is 12.1 Å². The Morgan fingerprint density at radius 3 is 2.76 bits per heavy atom. The number of phenolic OH excluding ortho intramolecular Hbond substituents is 1. The van der Waals surface area contributed by atoms with Gasteiger partial charge in [-0.15, -0.1) is 0 Å². The number of hydrogen-bond donors (Lipinski definition) is 1. The molecule has 1 fully saturated rings. The van der Waals surface area contributed by atoms with Crippen LogP contribution in [0.4, 0.5) is 13.2 Å². The Hall–Kier alpha value is -1.14. The Kier molecular flexibility index (Phi) is 4.88. The van der Waals surface area contributed by atoms with Gasteiger partial charge in [0.15, 0.2) is 11.5 Å². The minimum Gasteiger partial charge on any atom is -0.504 e. The molecule has 1 aliphatic rings. The smallest absolute Gasteiger partial charge is 0.393 e. The number of alkyl halides is 3. The van der Waals surface area contributed by atoms with Crippen molar-refractivity contribution in [2.45, 2.75) is 25.6 Å². The summed E-state index contributed by atoms with van der Waals surface area (Å²) in [5, 5.41) is 10.4. The van der Waals surface area contributed by atoms with Gasteiger partial charge in [0.25, 0.3) is 0 Å². The van der Waals surface area contributed by atoms with E-state index in [9.17, 15) is 18.3 Å². The van der Waals surface area contributed by atoms with E-state index in [0.29, 0.717) is 23.6 Å². The molecule has 3 nitrogen and oxygen atoms in total. The van der Waals surface area contributed by atoms with Gasteiger partial charge in [0.2, 0.25) is 0 Å². The van der Waals surface area contributed by atoms with E-state index in [4.69, 9.17) is 16.3 Å². The third-order valence-corrected chi connectivity index (χ3v) is 3.92. The Labute approximate surface area is 126 Å². The van der Waals surface area contributed by atoms with Crippen molar-refractivity contribution in [1.82, 2.24) is 4.90 Å². The van der Waals surface area contributed by atoms with Crippen molar-refractivity contribution in [3.63, 3.8) is 0 Å². The maximum Gasteiger partial charge on any atom is 0.393 e. The first-order valence-corrected chi connectivity index (χ1v) is 7.03. The lowest BCUT2D eigenvalue weighted by Gasteiger charge is -2.33. The van der Waals surface area contributed by atoms with E-state index < -0.39 is 12.1 Å². The molecule has 0 aromatic heterocycles. The first-order valence-electron chi connectivity index (χ1n) is 6.65. The monoisotopic (exact) mass is 323 g/mol. The van der Waals surface area contributed by atoms with E-state index in [2.05, 4.69) is 0 Å². The summed E-state index contributed by atoms with van der Waals surface area (Å²) in [4.78, 5) is 1.69. The molecule has 0 saturated carbocycles. The average molecular weight is 324 g/mol. The van der Waals surface area contributed by atoms with Gasteiger partial charge < -0.3 is 9.84 Å². The number of methoxy groups -OCH3 is 1. The lowest BCUT2D eigenvalue weighted by Crippen LogP contribution is -2.41. The number of hydrogen-bond acceptors (Lipinski definition) is 3. The van der Waals surface area contributed by atoms with Crippen LogP contribution < -0.4 is 4.74 Å². The minimum absolute atomic E-state index is 0.0578. The lowest BCUT2D eigenvalue weighted by molar-refractivity contribution is -0.187. The maximum atomic E-state index is 12.8. The number of nitrogens with zero attached hydrogens (tertiary/aromatic N) is 1. The van der Waals surface area contributed by atoms with Crippen molar-refractivity contribution in [2.75, 3.05) is 20.2 Å². The summed E-state index contributed by atoms with van der Waals surface area (Å²) in [5.74, 6) is -1.16. The highest BCUT2D eigenvalue weighted by molar-refractivity contribution is 6.30. The number of halogens is 4. The predicted molar refractivity (Wildman–Crippen MR) is 73.7 cm³/mol. The molecule has 1 atom stereocenters. The van der Waals surface area contributed by atoms with Crippen molar-refractivity contribution in [2.24, 2.45) is 5.92 Å². The highest BCUT2D eigenvalue weighted by Gasteiger charge is 2.41. The number of likely N-dealkylation sites (tertiary alicyclic amines) is 1. The molecule has 1 saturated heterocycles. The van der Waals surface area contributed by atoms with E-state index >= 15 is 0 Å². The number of ether oxygens (including phenoxy) is 1. The zero-order valence-corrected chi connectivity index (χ0v) is 12.3. The number of benzene rings is 1. The van der Waals surface area contributed by atoms with Crippen molar-refractivity contribution in [3.8, 4) is 11.5 Å². The second-order valence-corrected chi connectivity index (χ2v) is 5.67. The summed E-state index contributed by atoms with van der Waals surface area (Å²) in [6.07, 6.45) is -3.53. The highest BCUT2D eigenvalue weighted by Crippen LogP contribution is 2.37. The molecule has 1 N–H and O–H groups in total. The van der Waals surface area contributed by atoms with E-state index in [1.807, 2.05) is 0 Å². The van der Waals surface area contributed by atoms with Crippen LogP contribution in [0.25, 0.3) is 0 Å².